The molecule has 1 aliphatic rings. The number of aliphatic hydroxyl groups is 3. The normalized spacial score (nSPS) is 30.9. The lowest BCUT2D eigenvalue weighted by molar-refractivity contribution is -0.0787. The smallest absolute Gasteiger partial charge is 0.173 e. The summed E-state index contributed by atoms with van der Waals surface area (Å²) in [5.41, 5.74) is -0.385. The maximum absolute atomic E-state index is 11.4. The van der Waals surface area contributed by atoms with Crippen molar-refractivity contribution in [2.24, 2.45) is 0 Å². The van der Waals surface area contributed by atoms with Crippen molar-refractivity contribution in [1.82, 2.24) is 4.98 Å². The number of pyridine rings is 1. The molecule has 2 rings (SSSR count). The first-order valence-electron chi connectivity index (χ1n) is 5.78. The van der Waals surface area contributed by atoms with Crippen molar-refractivity contribution in [3.63, 3.8) is 0 Å². The van der Waals surface area contributed by atoms with Crippen molar-refractivity contribution in [2.45, 2.75) is 30.7 Å². The maximum Gasteiger partial charge on any atom is 0.173 e. The number of carbonyl (C=O) groups excluding carboxylic acids is 1. The number of carbonyl (C=O) groups is 1. The number of aliphatic hydroxyl groups excluding tert-OH is 3. The van der Waals surface area contributed by atoms with Crippen LogP contribution < -0.4 is 4.74 Å². The quantitative estimate of drug-likeness (QED) is 0.662. The Labute approximate surface area is 114 Å². The van der Waals surface area contributed by atoms with Gasteiger partial charge in [0, 0.05) is 11.9 Å². The molecule has 7 heteroatoms. The topological polar surface area (TPSA) is 99.9 Å². The summed E-state index contributed by atoms with van der Waals surface area (Å²) in [6.07, 6.45) is -0.605. The van der Waals surface area contributed by atoms with Gasteiger partial charge in [0.25, 0.3) is 0 Å². The molecule has 0 bridgehead atoms. The van der Waals surface area contributed by atoms with Crippen LogP contribution in [0.2, 0.25) is 0 Å². The molecule has 3 N–H and O–H groups in total. The third kappa shape index (κ3) is 3.06. The van der Waals surface area contributed by atoms with Gasteiger partial charge in [-0.15, -0.1) is 11.8 Å². The minimum atomic E-state index is -1.26. The lowest BCUT2D eigenvalue weighted by Gasteiger charge is -2.34. The Morgan fingerprint density at radius 2 is 2.16 bits per heavy atom. The molecular weight excluding hydrogens is 270 g/mol. The second-order valence-electron chi connectivity index (χ2n) is 4.30. The first kappa shape index (κ1) is 14.3. The number of aromatic nitrogens is 1. The first-order chi connectivity index (χ1) is 9.00. The predicted octanol–water partition coefficient (Wildman–Crippen LogP) is -0.181. The number of Topliss-reactive ketones (excluding diaryl/α,β-unsaturated/α-hetero) is 1. The van der Waals surface area contributed by atoms with Gasteiger partial charge in [-0.1, -0.05) is 0 Å². The molecule has 1 fully saturated rings. The standard InChI is InChI=1S/C12H15NO5S/c1-6(14)7-2-3-13-4-9(7)18-12-11(17)10(16)8(15)5-19-12/h2-4,8,10-12,15-17H,5H2,1H3/t8-,10+,11-,12-/m1/s1. The molecule has 2 heterocycles. The number of nitrogens with zero attached hydrogens (tertiary/aromatic N) is 1. The summed E-state index contributed by atoms with van der Waals surface area (Å²) in [7, 11) is 0. The number of ether oxygens (including phenoxy) is 1. The van der Waals surface area contributed by atoms with Crippen molar-refractivity contribution in [1.29, 1.82) is 0 Å². The molecule has 4 atom stereocenters. The van der Waals surface area contributed by atoms with Crippen LogP contribution in [0.25, 0.3) is 0 Å². The molecule has 1 saturated heterocycles. The van der Waals surface area contributed by atoms with E-state index in [4.69, 9.17) is 4.74 Å². The summed E-state index contributed by atoms with van der Waals surface area (Å²) in [4.78, 5) is 15.3. The molecule has 104 valence electrons. The van der Waals surface area contributed by atoms with Gasteiger partial charge in [0.1, 0.15) is 18.0 Å². The molecule has 19 heavy (non-hydrogen) atoms. The largest absolute Gasteiger partial charge is 0.475 e. The fourth-order valence-corrected chi connectivity index (χ4v) is 2.89. The highest BCUT2D eigenvalue weighted by Gasteiger charge is 2.38. The van der Waals surface area contributed by atoms with Crippen molar-refractivity contribution in [3.05, 3.63) is 24.0 Å². The van der Waals surface area contributed by atoms with Gasteiger partial charge in [-0.25, -0.2) is 0 Å². The Morgan fingerprint density at radius 1 is 1.42 bits per heavy atom. The van der Waals surface area contributed by atoms with Gasteiger partial charge >= 0.3 is 0 Å². The molecule has 0 aliphatic carbocycles. The van der Waals surface area contributed by atoms with E-state index in [0.717, 1.165) is 0 Å². The van der Waals surface area contributed by atoms with Crippen molar-refractivity contribution in [2.75, 3.05) is 5.75 Å². The van der Waals surface area contributed by atoms with Crippen LogP contribution in [-0.4, -0.2) is 55.6 Å². The van der Waals surface area contributed by atoms with Crippen molar-refractivity contribution in [3.8, 4) is 5.75 Å². The van der Waals surface area contributed by atoms with E-state index in [1.54, 1.807) is 0 Å². The highest BCUT2D eigenvalue weighted by Crippen LogP contribution is 2.30. The lowest BCUT2D eigenvalue weighted by Crippen LogP contribution is -2.50. The Bertz CT molecular complexity index is 469. The summed E-state index contributed by atoms with van der Waals surface area (Å²) in [5, 5.41) is 28.9. The molecule has 0 amide bonds. The fourth-order valence-electron chi connectivity index (χ4n) is 1.77. The molecule has 0 spiro atoms. The van der Waals surface area contributed by atoms with E-state index in [0.29, 0.717) is 5.56 Å². The monoisotopic (exact) mass is 285 g/mol. The van der Waals surface area contributed by atoms with Crippen molar-refractivity contribution >= 4 is 17.5 Å². The zero-order valence-corrected chi connectivity index (χ0v) is 11.1. The Morgan fingerprint density at radius 3 is 2.84 bits per heavy atom. The van der Waals surface area contributed by atoms with E-state index >= 15 is 0 Å². The zero-order chi connectivity index (χ0) is 14.0. The lowest BCUT2D eigenvalue weighted by atomic mass is 10.1. The first-order valence-corrected chi connectivity index (χ1v) is 6.83. The van der Waals surface area contributed by atoms with Crippen LogP contribution >= 0.6 is 11.8 Å². The maximum atomic E-state index is 11.4. The fraction of sp³-hybridized carbons (Fsp3) is 0.500. The Hall–Kier alpha value is -1.15. The molecule has 0 unspecified atom stereocenters. The molecule has 6 nitrogen and oxygen atoms in total. The van der Waals surface area contributed by atoms with Gasteiger partial charge in [-0.3, -0.25) is 9.78 Å². The Balaban J connectivity index is 2.15. The average Bonchev–Trinajstić information content (AvgIpc) is 2.40. The van der Waals surface area contributed by atoms with E-state index < -0.39 is 23.7 Å². The zero-order valence-electron chi connectivity index (χ0n) is 10.3. The van der Waals surface area contributed by atoms with Gasteiger partial charge in [0.15, 0.2) is 11.2 Å². The second kappa shape index (κ2) is 5.87. The van der Waals surface area contributed by atoms with Crippen LogP contribution in [0.1, 0.15) is 17.3 Å². The summed E-state index contributed by atoms with van der Waals surface area (Å²) in [6.45, 7) is 1.41. The van der Waals surface area contributed by atoms with E-state index in [1.807, 2.05) is 0 Å². The number of thioether (sulfide) groups is 1. The highest BCUT2D eigenvalue weighted by molar-refractivity contribution is 7.99. The van der Waals surface area contributed by atoms with Gasteiger partial charge < -0.3 is 20.1 Å². The van der Waals surface area contributed by atoms with Crippen LogP contribution in [0, 0.1) is 0 Å². The summed E-state index contributed by atoms with van der Waals surface area (Å²) >= 11 is 1.18. The number of rotatable bonds is 3. The van der Waals surface area contributed by atoms with E-state index in [9.17, 15) is 20.1 Å². The third-order valence-electron chi connectivity index (χ3n) is 2.86. The predicted molar refractivity (Wildman–Crippen MR) is 69.1 cm³/mol. The molecule has 0 saturated carbocycles. The minimum Gasteiger partial charge on any atom is -0.475 e. The summed E-state index contributed by atoms with van der Waals surface area (Å²) < 4.78 is 5.54. The van der Waals surface area contributed by atoms with Crippen molar-refractivity contribution < 1.29 is 24.9 Å². The van der Waals surface area contributed by atoms with Gasteiger partial charge in [-0.2, -0.15) is 0 Å². The summed E-state index contributed by atoms with van der Waals surface area (Å²) in [5.74, 6) is 0.335. The van der Waals surface area contributed by atoms with Gasteiger partial charge in [0.2, 0.25) is 0 Å². The van der Waals surface area contributed by atoms with Gasteiger partial charge in [0.05, 0.1) is 17.9 Å². The SMILES string of the molecule is CC(=O)c1ccncc1O[C@@H]1SC[C@@H](O)[C@H](O)[C@H]1O. The van der Waals surface area contributed by atoms with Crippen LogP contribution in [-0.2, 0) is 0 Å². The molecular formula is C12H15NO5S. The molecule has 1 aromatic rings. The van der Waals surface area contributed by atoms with Crippen LogP contribution in [0.15, 0.2) is 18.5 Å². The van der Waals surface area contributed by atoms with E-state index in [-0.39, 0.29) is 17.3 Å². The number of ketones is 1. The van der Waals surface area contributed by atoms with E-state index in [2.05, 4.69) is 4.98 Å². The van der Waals surface area contributed by atoms with Crippen LogP contribution in [0.4, 0.5) is 0 Å². The second-order valence-corrected chi connectivity index (χ2v) is 5.43. The third-order valence-corrected chi connectivity index (χ3v) is 4.10. The highest BCUT2D eigenvalue weighted by atomic mass is 32.2. The number of hydrogen-bond donors (Lipinski definition) is 3. The molecule has 0 radical (unpaired) electrons. The molecule has 1 aromatic heterocycles. The molecule has 0 aromatic carbocycles. The van der Waals surface area contributed by atoms with E-state index in [1.165, 1.54) is 37.1 Å². The summed E-state index contributed by atoms with van der Waals surface area (Å²) in [6, 6.07) is 1.53. The Kier molecular flexibility index (Phi) is 4.41. The number of hydrogen-bond acceptors (Lipinski definition) is 7. The van der Waals surface area contributed by atoms with Crippen LogP contribution in [0.3, 0.4) is 0 Å². The van der Waals surface area contributed by atoms with Gasteiger partial charge in [-0.05, 0) is 13.0 Å². The molecule has 1 aliphatic heterocycles. The average molecular weight is 285 g/mol. The van der Waals surface area contributed by atoms with Crippen LogP contribution in [0.5, 0.6) is 5.75 Å². The minimum absolute atomic E-state index is 0.173.